The van der Waals surface area contributed by atoms with Crippen LogP contribution in [0.15, 0.2) is 0 Å². The molecule has 0 amide bonds. The molecule has 1 aliphatic carbocycles. The lowest BCUT2D eigenvalue weighted by molar-refractivity contribution is 0.108. The fourth-order valence-corrected chi connectivity index (χ4v) is 1.93. The van der Waals surface area contributed by atoms with Crippen LogP contribution in [0.4, 0.5) is 0 Å². The van der Waals surface area contributed by atoms with Crippen LogP contribution in [0.5, 0.6) is 0 Å². The summed E-state index contributed by atoms with van der Waals surface area (Å²) in [5, 5.41) is 21.2. The van der Waals surface area contributed by atoms with E-state index in [0.717, 1.165) is 32.2 Å². The highest BCUT2D eigenvalue weighted by Gasteiger charge is 2.19. The van der Waals surface area contributed by atoms with Gasteiger partial charge in [0.25, 0.3) is 0 Å². The van der Waals surface area contributed by atoms with E-state index in [9.17, 15) is 5.11 Å². The Bertz CT molecular complexity index is 192. The molecule has 1 saturated carbocycles. The van der Waals surface area contributed by atoms with E-state index >= 15 is 0 Å². The van der Waals surface area contributed by atoms with Crippen molar-refractivity contribution < 1.29 is 5.11 Å². The Labute approximate surface area is 86.1 Å². The molecule has 1 aliphatic rings. The van der Waals surface area contributed by atoms with Gasteiger partial charge in [-0.1, -0.05) is 0 Å². The molecule has 3 heteroatoms. The normalized spacial score (nSPS) is 29.5. The van der Waals surface area contributed by atoms with Crippen molar-refractivity contribution in [2.45, 2.75) is 51.2 Å². The fraction of sp³-hybridized carbons (Fsp3) is 0.909. The van der Waals surface area contributed by atoms with Crippen molar-refractivity contribution in [3.05, 3.63) is 0 Å². The first-order chi connectivity index (χ1) is 6.72. The number of nitrogens with one attached hydrogen (secondary N) is 1. The zero-order valence-corrected chi connectivity index (χ0v) is 8.87. The number of aliphatic hydroxyl groups is 1. The second-order valence-electron chi connectivity index (χ2n) is 4.35. The molecule has 0 spiro atoms. The highest BCUT2D eigenvalue weighted by molar-refractivity contribution is 4.79. The first-order valence-electron chi connectivity index (χ1n) is 5.50. The molecule has 0 aromatic rings. The number of hydrogen-bond donors (Lipinski definition) is 2. The Morgan fingerprint density at radius 1 is 1.43 bits per heavy atom. The largest absolute Gasteiger partial charge is 0.393 e. The zero-order valence-electron chi connectivity index (χ0n) is 8.87. The molecular weight excluding hydrogens is 176 g/mol. The molecule has 1 rings (SSSR count). The number of nitriles is 1. The average Bonchev–Trinajstić information content (AvgIpc) is 2.17. The molecule has 0 saturated heterocycles. The molecule has 0 heterocycles. The van der Waals surface area contributed by atoms with E-state index in [1.165, 1.54) is 0 Å². The Balaban J connectivity index is 2.10. The van der Waals surface area contributed by atoms with Crippen LogP contribution in [0.2, 0.25) is 0 Å². The lowest BCUT2D eigenvalue weighted by Crippen LogP contribution is -2.33. The maximum Gasteiger partial charge on any atom is 0.0638 e. The van der Waals surface area contributed by atoms with Gasteiger partial charge in [0, 0.05) is 6.04 Å². The maximum atomic E-state index is 9.33. The summed E-state index contributed by atoms with van der Waals surface area (Å²) < 4.78 is 0. The molecule has 3 nitrogen and oxygen atoms in total. The molecule has 0 bridgehead atoms. The van der Waals surface area contributed by atoms with Gasteiger partial charge < -0.3 is 10.4 Å². The average molecular weight is 196 g/mol. The summed E-state index contributed by atoms with van der Waals surface area (Å²) in [6.07, 6.45) is 4.64. The topological polar surface area (TPSA) is 56.0 Å². The predicted molar refractivity (Wildman–Crippen MR) is 55.7 cm³/mol. The maximum absolute atomic E-state index is 9.33. The van der Waals surface area contributed by atoms with Gasteiger partial charge in [0.1, 0.15) is 0 Å². The number of aliphatic hydroxyl groups excluding tert-OH is 1. The van der Waals surface area contributed by atoms with E-state index in [1.54, 1.807) is 0 Å². The molecule has 0 aromatic carbocycles. The van der Waals surface area contributed by atoms with Gasteiger partial charge in [-0.25, -0.2) is 0 Å². The van der Waals surface area contributed by atoms with E-state index in [1.807, 2.05) is 6.92 Å². The standard InChI is InChI=1S/C11H20N2O/c1-9(6-7-12)13-8-10-2-4-11(14)5-3-10/h9-11,13-14H,2-6,8H2,1H3. The summed E-state index contributed by atoms with van der Waals surface area (Å²) in [6.45, 7) is 3.04. The van der Waals surface area contributed by atoms with E-state index in [2.05, 4.69) is 11.4 Å². The summed E-state index contributed by atoms with van der Waals surface area (Å²) in [5.74, 6) is 0.694. The summed E-state index contributed by atoms with van der Waals surface area (Å²) in [7, 11) is 0. The first kappa shape index (κ1) is 11.5. The fourth-order valence-electron chi connectivity index (χ4n) is 1.93. The third-order valence-electron chi connectivity index (χ3n) is 2.97. The van der Waals surface area contributed by atoms with Gasteiger partial charge in [0.15, 0.2) is 0 Å². The number of nitrogens with zero attached hydrogens (tertiary/aromatic N) is 1. The lowest BCUT2D eigenvalue weighted by Gasteiger charge is -2.26. The van der Waals surface area contributed by atoms with Gasteiger partial charge in [0.2, 0.25) is 0 Å². The van der Waals surface area contributed by atoms with Crippen LogP contribution >= 0.6 is 0 Å². The van der Waals surface area contributed by atoms with Crippen molar-refractivity contribution in [2.75, 3.05) is 6.54 Å². The highest BCUT2D eigenvalue weighted by atomic mass is 16.3. The summed E-state index contributed by atoms with van der Waals surface area (Å²) in [4.78, 5) is 0. The Morgan fingerprint density at radius 2 is 2.07 bits per heavy atom. The second kappa shape index (κ2) is 6.00. The molecule has 1 atom stereocenters. The monoisotopic (exact) mass is 196 g/mol. The zero-order chi connectivity index (χ0) is 10.4. The lowest BCUT2D eigenvalue weighted by atomic mass is 9.87. The molecule has 1 unspecified atom stereocenters. The van der Waals surface area contributed by atoms with Gasteiger partial charge in [-0.15, -0.1) is 0 Å². The predicted octanol–water partition coefficient (Wildman–Crippen LogP) is 1.43. The first-order valence-corrected chi connectivity index (χ1v) is 5.50. The third-order valence-corrected chi connectivity index (χ3v) is 2.97. The summed E-state index contributed by atoms with van der Waals surface area (Å²) in [5.41, 5.74) is 0. The van der Waals surface area contributed by atoms with Crippen LogP contribution in [0.3, 0.4) is 0 Å². The minimum Gasteiger partial charge on any atom is -0.393 e. The van der Waals surface area contributed by atoms with Crippen LogP contribution in [0, 0.1) is 17.2 Å². The minimum absolute atomic E-state index is 0.0669. The van der Waals surface area contributed by atoms with Crippen molar-refractivity contribution in [1.29, 1.82) is 5.26 Å². The van der Waals surface area contributed by atoms with Crippen molar-refractivity contribution >= 4 is 0 Å². The molecule has 14 heavy (non-hydrogen) atoms. The highest BCUT2D eigenvalue weighted by Crippen LogP contribution is 2.23. The van der Waals surface area contributed by atoms with E-state index in [-0.39, 0.29) is 6.10 Å². The molecule has 0 radical (unpaired) electrons. The third kappa shape index (κ3) is 4.08. The molecule has 80 valence electrons. The van der Waals surface area contributed by atoms with Crippen LogP contribution in [-0.2, 0) is 0 Å². The van der Waals surface area contributed by atoms with Crippen LogP contribution < -0.4 is 5.32 Å². The van der Waals surface area contributed by atoms with Gasteiger partial charge >= 0.3 is 0 Å². The van der Waals surface area contributed by atoms with Crippen LogP contribution in [-0.4, -0.2) is 23.8 Å². The Kier molecular flexibility index (Phi) is 4.92. The number of rotatable bonds is 4. The van der Waals surface area contributed by atoms with Crippen LogP contribution in [0.25, 0.3) is 0 Å². The minimum atomic E-state index is -0.0669. The SMILES string of the molecule is CC(CC#N)NCC1CCC(O)CC1. The molecule has 2 N–H and O–H groups in total. The van der Waals surface area contributed by atoms with Crippen molar-refractivity contribution in [3.8, 4) is 6.07 Å². The molecule has 0 aliphatic heterocycles. The van der Waals surface area contributed by atoms with E-state index < -0.39 is 0 Å². The smallest absolute Gasteiger partial charge is 0.0638 e. The van der Waals surface area contributed by atoms with Gasteiger partial charge in [-0.2, -0.15) is 5.26 Å². The van der Waals surface area contributed by atoms with E-state index in [4.69, 9.17) is 5.26 Å². The van der Waals surface area contributed by atoms with Crippen LogP contribution in [0.1, 0.15) is 39.0 Å². The quantitative estimate of drug-likeness (QED) is 0.715. The number of hydrogen-bond acceptors (Lipinski definition) is 3. The Morgan fingerprint density at radius 3 is 2.64 bits per heavy atom. The Hall–Kier alpha value is -0.590. The second-order valence-corrected chi connectivity index (χ2v) is 4.35. The summed E-state index contributed by atoms with van der Waals surface area (Å²) >= 11 is 0. The van der Waals surface area contributed by atoms with Gasteiger partial charge in [-0.05, 0) is 45.1 Å². The molecule has 1 fully saturated rings. The van der Waals surface area contributed by atoms with E-state index in [0.29, 0.717) is 18.4 Å². The van der Waals surface area contributed by atoms with Gasteiger partial charge in [0.05, 0.1) is 18.6 Å². The summed E-state index contributed by atoms with van der Waals surface area (Å²) in [6, 6.07) is 2.46. The van der Waals surface area contributed by atoms with Crippen molar-refractivity contribution in [3.63, 3.8) is 0 Å². The van der Waals surface area contributed by atoms with Gasteiger partial charge in [-0.3, -0.25) is 0 Å². The van der Waals surface area contributed by atoms with Crippen molar-refractivity contribution in [2.24, 2.45) is 5.92 Å². The van der Waals surface area contributed by atoms with Crippen molar-refractivity contribution in [1.82, 2.24) is 5.32 Å². The molecule has 0 aromatic heterocycles. The molecular formula is C11H20N2O.